The number of aromatic nitrogens is 1. The molecule has 0 bridgehead atoms. The minimum atomic E-state index is -0.499. The van der Waals surface area contributed by atoms with Crippen LogP contribution in [0.2, 0.25) is 0 Å². The van der Waals surface area contributed by atoms with Crippen molar-refractivity contribution in [2.24, 2.45) is 0 Å². The Hall–Kier alpha value is -4.37. The molecule has 8 nitrogen and oxygen atoms in total. The van der Waals surface area contributed by atoms with Gasteiger partial charge in [-0.05, 0) is 85.8 Å². The fraction of sp³-hybridized carbons (Fsp3) is 0.250. The van der Waals surface area contributed by atoms with Gasteiger partial charge >= 0.3 is 6.03 Å². The standard InChI is InChI=1S/C32H32N4O4S/c1-39-23-14-17-29(40-2)25(19-23)31-28-9-6-18-34(28)26-7-4-5-8-27(26)36(31)30(37)20-35(22-12-13-22)32(38)33-21-10-15-24(41-3)16-11-21/h4-11,14-19,22,31H,12-13,20H2,1-3H3,(H,33,38). The number of methoxy groups -OCH3 is 2. The molecule has 0 saturated heterocycles. The van der Waals surface area contributed by atoms with Gasteiger partial charge in [0.15, 0.2) is 0 Å². The largest absolute Gasteiger partial charge is 0.497 e. The van der Waals surface area contributed by atoms with Crippen molar-refractivity contribution in [3.05, 3.63) is 96.3 Å². The average molecular weight is 569 g/mol. The number of anilines is 2. The number of nitrogens with zero attached hydrogens (tertiary/aromatic N) is 3. The summed E-state index contributed by atoms with van der Waals surface area (Å²) in [5.74, 6) is 1.13. The van der Waals surface area contributed by atoms with E-state index in [0.717, 1.165) is 40.4 Å². The van der Waals surface area contributed by atoms with Crippen LogP contribution in [0.15, 0.2) is 90.0 Å². The van der Waals surface area contributed by atoms with E-state index >= 15 is 0 Å². The summed E-state index contributed by atoms with van der Waals surface area (Å²) in [5, 5.41) is 3.00. The number of hydrogen-bond donors (Lipinski definition) is 1. The summed E-state index contributed by atoms with van der Waals surface area (Å²) < 4.78 is 13.4. The van der Waals surface area contributed by atoms with Crippen LogP contribution in [0.25, 0.3) is 5.69 Å². The normalized spacial score (nSPS) is 15.5. The third-order valence-corrected chi connectivity index (χ3v) is 8.36. The molecule has 41 heavy (non-hydrogen) atoms. The van der Waals surface area contributed by atoms with Crippen molar-refractivity contribution in [2.45, 2.75) is 29.8 Å². The molecule has 1 unspecified atom stereocenters. The van der Waals surface area contributed by atoms with E-state index < -0.39 is 6.04 Å². The number of rotatable bonds is 8. The maximum atomic E-state index is 14.4. The van der Waals surface area contributed by atoms with Gasteiger partial charge in [-0.1, -0.05) is 12.1 Å². The molecular formula is C32H32N4O4S. The summed E-state index contributed by atoms with van der Waals surface area (Å²) in [6.07, 6.45) is 5.76. The number of benzene rings is 3. The third-order valence-electron chi connectivity index (χ3n) is 7.62. The molecule has 1 fully saturated rings. The van der Waals surface area contributed by atoms with Crippen molar-refractivity contribution in [3.63, 3.8) is 0 Å². The van der Waals surface area contributed by atoms with Crippen LogP contribution in [0.4, 0.5) is 16.2 Å². The lowest BCUT2D eigenvalue weighted by atomic mass is 9.96. The van der Waals surface area contributed by atoms with E-state index in [2.05, 4.69) is 9.88 Å². The SMILES string of the molecule is COc1ccc(OC)c(C2c3cccn3-c3ccccc3N2C(=O)CN(C(=O)Nc2ccc(SC)cc2)C2CC2)c1. The van der Waals surface area contributed by atoms with E-state index in [4.69, 9.17) is 9.47 Å². The maximum absolute atomic E-state index is 14.4. The highest BCUT2D eigenvalue weighted by molar-refractivity contribution is 7.98. The van der Waals surface area contributed by atoms with Crippen LogP contribution in [-0.4, -0.2) is 54.5 Å². The first-order valence-electron chi connectivity index (χ1n) is 13.5. The maximum Gasteiger partial charge on any atom is 0.322 e. The van der Waals surface area contributed by atoms with E-state index in [1.807, 2.05) is 91.3 Å². The number of hydrogen-bond acceptors (Lipinski definition) is 5. The number of nitrogens with one attached hydrogen (secondary N) is 1. The number of carbonyl (C=O) groups excluding carboxylic acids is 2. The molecule has 2 heterocycles. The van der Waals surface area contributed by atoms with Gasteiger partial charge in [-0.3, -0.25) is 9.69 Å². The smallest absolute Gasteiger partial charge is 0.322 e. The molecule has 1 aliphatic carbocycles. The highest BCUT2D eigenvalue weighted by Crippen LogP contribution is 2.45. The van der Waals surface area contributed by atoms with Gasteiger partial charge in [0.2, 0.25) is 5.91 Å². The summed E-state index contributed by atoms with van der Waals surface area (Å²) in [6.45, 7) is -0.0583. The molecule has 0 spiro atoms. The van der Waals surface area contributed by atoms with Gasteiger partial charge in [-0.25, -0.2) is 4.79 Å². The molecule has 210 valence electrons. The molecule has 1 saturated carbocycles. The number of para-hydroxylation sites is 2. The molecule has 4 aromatic rings. The second kappa shape index (κ2) is 11.2. The molecule has 0 radical (unpaired) electrons. The van der Waals surface area contributed by atoms with Gasteiger partial charge in [-0.2, -0.15) is 0 Å². The molecule has 3 amide bonds. The van der Waals surface area contributed by atoms with Gasteiger partial charge in [0.1, 0.15) is 24.1 Å². The summed E-state index contributed by atoms with van der Waals surface area (Å²) in [7, 11) is 3.24. The van der Waals surface area contributed by atoms with Crippen LogP contribution in [0.3, 0.4) is 0 Å². The molecule has 6 rings (SSSR count). The average Bonchev–Trinajstić information content (AvgIpc) is 3.73. The summed E-state index contributed by atoms with van der Waals surface area (Å²) in [5.41, 5.74) is 4.08. The number of carbonyl (C=O) groups is 2. The first-order valence-corrected chi connectivity index (χ1v) is 14.8. The van der Waals surface area contributed by atoms with Crippen LogP contribution < -0.4 is 19.7 Å². The summed E-state index contributed by atoms with van der Waals surface area (Å²) >= 11 is 1.64. The number of amides is 3. The van der Waals surface area contributed by atoms with Crippen LogP contribution in [0.5, 0.6) is 11.5 Å². The quantitative estimate of drug-likeness (QED) is 0.251. The van der Waals surface area contributed by atoms with E-state index in [-0.39, 0.29) is 24.5 Å². The number of ether oxygens (including phenoxy) is 2. The van der Waals surface area contributed by atoms with Crippen LogP contribution in [0, 0.1) is 0 Å². The molecule has 1 aliphatic heterocycles. The monoisotopic (exact) mass is 568 g/mol. The fourth-order valence-corrected chi connectivity index (χ4v) is 5.86. The van der Waals surface area contributed by atoms with E-state index in [0.29, 0.717) is 17.2 Å². The van der Waals surface area contributed by atoms with Gasteiger partial charge in [0.05, 0.1) is 31.3 Å². The predicted octanol–water partition coefficient (Wildman–Crippen LogP) is 6.35. The van der Waals surface area contributed by atoms with Crippen LogP contribution >= 0.6 is 11.8 Å². The zero-order valence-electron chi connectivity index (χ0n) is 23.2. The van der Waals surface area contributed by atoms with E-state index in [1.54, 1.807) is 35.8 Å². The number of urea groups is 1. The number of thioether (sulfide) groups is 1. The minimum Gasteiger partial charge on any atom is -0.497 e. The molecular weight excluding hydrogens is 536 g/mol. The highest BCUT2D eigenvalue weighted by Gasteiger charge is 2.41. The Balaban J connectivity index is 1.38. The molecule has 1 atom stereocenters. The van der Waals surface area contributed by atoms with E-state index in [1.165, 1.54) is 0 Å². The fourth-order valence-electron chi connectivity index (χ4n) is 5.45. The second-order valence-corrected chi connectivity index (χ2v) is 11.0. The third kappa shape index (κ3) is 5.13. The van der Waals surface area contributed by atoms with Crippen molar-refractivity contribution in [1.82, 2.24) is 9.47 Å². The van der Waals surface area contributed by atoms with Crippen LogP contribution in [-0.2, 0) is 4.79 Å². The Morgan fingerprint density at radius 1 is 0.951 bits per heavy atom. The first-order chi connectivity index (χ1) is 20.0. The zero-order chi connectivity index (χ0) is 28.5. The second-order valence-electron chi connectivity index (χ2n) is 10.1. The first kappa shape index (κ1) is 26.8. The Labute approximate surface area is 243 Å². The van der Waals surface area contributed by atoms with Gasteiger partial charge in [-0.15, -0.1) is 11.8 Å². The minimum absolute atomic E-state index is 0.0260. The van der Waals surface area contributed by atoms with Gasteiger partial charge in [0.25, 0.3) is 0 Å². The van der Waals surface area contributed by atoms with Crippen molar-refractivity contribution < 1.29 is 19.1 Å². The number of fused-ring (bicyclic) bond motifs is 3. The lowest BCUT2D eigenvalue weighted by Gasteiger charge is -2.40. The lowest BCUT2D eigenvalue weighted by Crippen LogP contribution is -2.48. The predicted molar refractivity (Wildman–Crippen MR) is 162 cm³/mol. The molecule has 3 aromatic carbocycles. The summed E-state index contributed by atoms with van der Waals surface area (Å²) in [6, 6.07) is 24.4. The Morgan fingerprint density at radius 3 is 2.39 bits per heavy atom. The Bertz CT molecular complexity index is 1580. The van der Waals surface area contributed by atoms with Crippen molar-refractivity contribution in [1.29, 1.82) is 0 Å². The van der Waals surface area contributed by atoms with E-state index in [9.17, 15) is 9.59 Å². The van der Waals surface area contributed by atoms with Gasteiger partial charge < -0.3 is 24.3 Å². The topological polar surface area (TPSA) is 76.0 Å². The molecule has 1 aromatic heterocycles. The molecule has 2 aliphatic rings. The van der Waals surface area contributed by atoms with Gasteiger partial charge in [0, 0.05) is 28.4 Å². The summed E-state index contributed by atoms with van der Waals surface area (Å²) in [4.78, 5) is 32.5. The van der Waals surface area contributed by atoms with Crippen molar-refractivity contribution in [3.8, 4) is 17.2 Å². The Morgan fingerprint density at radius 2 is 1.71 bits per heavy atom. The van der Waals surface area contributed by atoms with Crippen LogP contribution in [0.1, 0.15) is 30.1 Å². The highest BCUT2D eigenvalue weighted by atomic mass is 32.2. The Kier molecular flexibility index (Phi) is 7.36. The lowest BCUT2D eigenvalue weighted by molar-refractivity contribution is -0.119. The van der Waals surface area contributed by atoms with Crippen molar-refractivity contribution >= 4 is 35.1 Å². The molecule has 9 heteroatoms. The van der Waals surface area contributed by atoms with Crippen molar-refractivity contribution in [2.75, 3.05) is 37.2 Å². The molecule has 1 N–H and O–H groups in total. The zero-order valence-corrected chi connectivity index (χ0v) is 24.1.